The van der Waals surface area contributed by atoms with Crippen LogP contribution >= 0.6 is 0 Å². The second-order valence-corrected chi connectivity index (χ2v) is 4.24. The van der Waals surface area contributed by atoms with Gasteiger partial charge in [0.15, 0.2) is 5.82 Å². The number of halogens is 2. The van der Waals surface area contributed by atoms with Crippen LogP contribution < -0.4 is 0 Å². The summed E-state index contributed by atoms with van der Waals surface area (Å²) in [5, 5.41) is 18.8. The minimum absolute atomic E-state index is 0.109. The van der Waals surface area contributed by atoms with Crippen molar-refractivity contribution in [1.29, 1.82) is 5.26 Å². The standard InChI is InChI=1S/C13H7F2N5O/c14-8-1-7(2-9(15)4-8)3-12-18-13(21-20-12)10-6-17-19-11(10)5-16/h1-2,4,6H,3H2,(H,17,19). The molecule has 0 aliphatic rings. The lowest BCUT2D eigenvalue weighted by Crippen LogP contribution is -1.93. The predicted octanol–water partition coefficient (Wildman–Crippen LogP) is 2.20. The van der Waals surface area contributed by atoms with Crippen molar-refractivity contribution in [2.75, 3.05) is 0 Å². The van der Waals surface area contributed by atoms with Gasteiger partial charge in [0, 0.05) is 12.5 Å². The summed E-state index contributed by atoms with van der Waals surface area (Å²) in [7, 11) is 0. The Morgan fingerprint density at radius 1 is 1.24 bits per heavy atom. The molecule has 0 amide bonds. The zero-order valence-corrected chi connectivity index (χ0v) is 10.5. The summed E-state index contributed by atoms with van der Waals surface area (Å²) in [6, 6.07) is 5.07. The summed E-state index contributed by atoms with van der Waals surface area (Å²) in [6.45, 7) is 0. The number of hydrogen-bond acceptors (Lipinski definition) is 5. The van der Waals surface area contributed by atoms with Crippen molar-refractivity contribution in [2.45, 2.75) is 6.42 Å². The van der Waals surface area contributed by atoms with E-state index in [9.17, 15) is 8.78 Å². The molecule has 0 saturated carbocycles. The molecule has 104 valence electrons. The van der Waals surface area contributed by atoms with Crippen molar-refractivity contribution in [1.82, 2.24) is 20.3 Å². The summed E-state index contributed by atoms with van der Waals surface area (Å²) in [5.74, 6) is -0.974. The van der Waals surface area contributed by atoms with E-state index >= 15 is 0 Å². The maximum Gasteiger partial charge on any atom is 0.262 e. The van der Waals surface area contributed by atoms with Crippen LogP contribution in [0.4, 0.5) is 8.78 Å². The Kier molecular flexibility index (Phi) is 3.16. The van der Waals surface area contributed by atoms with Crippen molar-refractivity contribution < 1.29 is 13.3 Å². The average Bonchev–Trinajstić information content (AvgIpc) is 3.05. The second-order valence-electron chi connectivity index (χ2n) is 4.24. The lowest BCUT2D eigenvalue weighted by Gasteiger charge is -1.97. The maximum atomic E-state index is 13.1. The Bertz CT molecular complexity index is 813. The molecule has 21 heavy (non-hydrogen) atoms. The molecule has 0 bridgehead atoms. The molecule has 6 nitrogen and oxygen atoms in total. The smallest absolute Gasteiger partial charge is 0.262 e. The monoisotopic (exact) mass is 287 g/mol. The highest BCUT2D eigenvalue weighted by atomic mass is 19.1. The summed E-state index contributed by atoms with van der Waals surface area (Å²) in [6.07, 6.45) is 1.50. The van der Waals surface area contributed by atoms with E-state index < -0.39 is 11.6 Å². The molecule has 1 N–H and O–H groups in total. The van der Waals surface area contributed by atoms with E-state index in [1.54, 1.807) is 0 Å². The predicted molar refractivity (Wildman–Crippen MR) is 65.8 cm³/mol. The van der Waals surface area contributed by atoms with E-state index in [1.807, 2.05) is 6.07 Å². The van der Waals surface area contributed by atoms with Gasteiger partial charge in [0.2, 0.25) is 0 Å². The van der Waals surface area contributed by atoms with Crippen molar-refractivity contribution in [3.05, 3.63) is 53.1 Å². The van der Waals surface area contributed by atoms with Gasteiger partial charge in [0.1, 0.15) is 23.4 Å². The third-order valence-corrected chi connectivity index (χ3v) is 2.73. The molecule has 1 aromatic carbocycles. The fourth-order valence-electron chi connectivity index (χ4n) is 1.86. The van der Waals surface area contributed by atoms with Gasteiger partial charge in [-0.1, -0.05) is 5.16 Å². The summed E-state index contributed by atoms with van der Waals surface area (Å²) in [5.41, 5.74) is 0.955. The topological polar surface area (TPSA) is 91.4 Å². The Labute approximate surface area is 117 Å². The number of nitrogens with one attached hydrogen (secondary N) is 1. The van der Waals surface area contributed by atoms with E-state index in [1.165, 1.54) is 18.3 Å². The molecule has 3 rings (SSSR count). The number of aromatic amines is 1. The van der Waals surface area contributed by atoms with Crippen molar-refractivity contribution in [2.24, 2.45) is 0 Å². The highest BCUT2D eigenvalue weighted by Gasteiger charge is 2.15. The van der Waals surface area contributed by atoms with Crippen LogP contribution in [0.3, 0.4) is 0 Å². The third-order valence-electron chi connectivity index (χ3n) is 2.73. The fraction of sp³-hybridized carbons (Fsp3) is 0.0769. The Morgan fingerprint density at radius 3 is 2.71 bits per heavy atom. The molecule has 0 fully saturated rings. The van der Waals surface area contributed by atoms with Crippen LogP contribution in [0, 0.1) is 23.0 Å². The van der Waals surface area contributed by atoms with Crippen LogP contribution in [0.2, 0.25) is 0 Å². The molecule has 0 unspecified atom stereocenters. The van der Waals surface area contributed by atoms with E-state index in [0.29, 0.717) is 11.1 Å². The fourth-order valence-corrected chi connectivity index (χ4v) is 1.86. The molecule has 8 heteroatoms. The van der Waals surface area contributed by atoms with Gasteiger partial charge in [0.05, 0.1) is 11.8 Å². The summed E-state index contributed by atoms with van der Waals surface area (Å²) >= 11 is 0. The van der Waals surface area contributed by atoms with Crippen LogP contribution in [0.15, 0.2) is 28.9 Å². The minimum Gasteiger partial charge on any atom is -0.334 e. The number of benzene rings is 1. The van der Waals surface area contributed by atoms with Crippen molar-refractivity contribution in [3.63, 3.8) is 0 Å². The second kappa shape index (κ2) is 5.13. The lowest BCUT2D eigenvalue weighted by molar-refractivity contribution is 0.423. The molecular formula is C13H7F2N5O. The normalized spacial score (nSPS) is 10.5. The van der Waals surface area contributed by atoms with Crippen LogP contribution in [0.5, 0.6) is 0 Å². The number of nitriles is 1. The molecule has 0 saturated heterocycles. The van der Waals surface area contributed by atoms with E-state index in [4.69, 9.17) is 9.78 Å². The van der Waals surface area contributed by atoms with Gasteiger partial charge in [-0.05, 0) is 17.7 Å². The largest absolute Gasteiger partial charge is 0.334 e. The summed E-state index contributed by atoms with van der Waals surface area (Å²) < 4.78 is 31.2. The summed E-state index contributed by atoms with van der Waals surface area (Å²) in [4.78, 5) is 4.08. The van der Waals surface area contributed by atoms with Gasteiger partial charge in [0.25, 0.3) is 5.89 Å². The highest BCUT2D eigenvalue weighted by molar-refractivity contribution is 5.59. The molecule has 0 aliphatic carbocycles. The van der Waals surface area contributed by atoms with Gasteiger partial charge in [-0.3, -0.25) is 5.10 Å². The molecule has 0 radical (unpaired) electrons. The van der Waals surface area contributed by atoms with Crippen molar-refractivity contribution in [3.8, 4) is 17.5 Å². The zero-order chi connectivity index (χ0) is 14.8. The first kappa shape index (κ1) is 12.9. The molecule has 0 aliphatic heterocycles. The van der Waals surface area contributed by atoms with Gasteiger partial charge in [-0.25, -0.2) is 8.78 Å². The number of aromatic nitrogens is 4. The van der Waals surface area contributed by atoms with Gasteiger partial charge >= 0.3 is 0 Å². The van der Waals surface area contributed by atoms with Crippen LogP contribution in [-0.4, -0.2) is 20.3 Å². The number of rotatable bonds is 3. The molecule has 0 spiro atoms. The number of H-pyrrole nitrogens is 1. The van der Waals surface area contributed by atoms with E-state index in [2.05, 4.69) is 20.3 Å². The zero-order valence-electron chi connectivity index (χ0n) is 10.5. The first-order valence-corrected chi connectivity index (χ1v) is 5.87. The molecule has 2 heterocycles. The van der Waals surface area contributed by atoms with Crippen LogP contribution in [-0.2, 0) is 6.42 Å². The molecule has 3 aromatic rings. The Balaban J connectivity index is 1.87. The maximum absolute atomic E-state index is 13.1. The number of hydrogen-bond donors (Lipinski definition) is 1. The first-order valence-electron chi connectivity index (χ1n) is 5.87. The Morgan fingerprint density at radius 2 is 2.00 bits per heavy atom. The average molecular weight is 287 g/mol. The number of nitrogens with zero attached hydrogens (tertiary/aromatic N) is 4. The van der Waals surface area contributed by atoms with Gasteiger partial charge in [-0.15, -0.1) is 0 Å². The third kappa shape index (κ3) is 2.62. The minimum atomic E-state index is -0.671. The van der Waals surface area contributed by atoms with E-state index in [0.717, 1.165) is 6.07 Å². The van der Waals surface area contributed by atoms with Crippen LogP contribution in [0.1, 0.15) is 17.1 Å². The SMILES string of the molecule is N#Cc1[nH]ncc1-c1nc(Cc2cc(F)cc(F)c2)no1. The van der Waals surface area contributed by atoms with Crippen molar-refractivity contribution >= 4 is 0 Å². The van der Waals surface area contributed by atoms with E-state index in [-0.39, 0.29) is 23.8 Å². The quantitative estimate of drug-likeness (QED) is 0.797. The highest BCUT2D eigenvalue weighted by Crippen LogP contribution is 2.20. The first-order chi connectivity index (χ1) is 10.2. The Hall–Kier alpha value is -3.08. The van der Waals surface area contributed by atoms with Gasteiger partial charge in [-0.2, -0.15) is 15.3 Å². The van der Waals surface area contributed by atoms with Crippen LogP contribution in [0.25, 0.3) is 11.5 Å². The molecular weight excluding hydrogens is 280 g/mol. The van der Waals surface area contributed by atoms with Gasteiger partial charge < -0.3 is 4.52 Å². The lowest BCUT2D eigenvalue weighted by atomic mass is 10.1. The molecule has 2 aromatic heterocycles. The molecule has 0 atom stereocenters.